The summed E-state index contributed by atoms with van der Waals surface area (Å²) in [6, 6.07) is 9.38. The molecule has 0 aliphatic heterocycles. The number of imidazole rings is 1. The number of rotatable bonds is 4. The number of hydrogen-bond acceptors (Lipinski definition) is 5. The smallest absolute Gasteiger partial charge is 0.342 e. The highest BCUT2D eigenvalue weighted by Crippen LogP contribution is 2.20. The number of hydrogen-bond donors (Lipinski definition) is 4. The standard InChI is InChI=1S/C18H17N3O5/c1-9-3-5-12(15(22)7-9)17(24)26-10(2)16(23)19-11-4-6-13-14(8-11)21-18(25)20-13/h3-8,10,22H,1-2H3,(H,19,23)(H2,20,21,25)/t10-/m0/s1. The summed E-state index contributed by atoms with van der Waals surface area (Å²) in [4.78, 5) is 40.8. The van der Waals surface area contributed by atoms with E-state index >= 15 is 0 Å². The molecule has 134 valence electrons. The Morgan fingerprint density at radius 3 is 2.58 bits per heavy atom. The third-order valence-electron chi connectivity index (χ3n) is 3.81. The fraction of sp³-hybridized carbons (Fsp3) is 0.167. The van der Waals surface area contributed by atoms with Gasteiger partial charge in [0.2, 0.25) is 0 Å². The van der Waals surface area contributed by atoms with Crippen molar-refractivity contribution >= 4 is 28.6 Å². The van der Waals surface area contributed by atoms with Crippen LogP contribution >= 0.6 is 0 Å². The van der Waals surface area contributed by atoms with Gasteiger partial charge in [0.25, 0.3) is 5.91 Å². The predicted molar refractivity (Wildman–Crippen MR) is 95.3 cm³/mol. The second kappa shape index (κ2) is 6.75. The van der Waals surface area contributed by atoms with Crippen molar-refractivity contribution in [3.8, 4) is 5.75 Å². The first-order valence-corrected chi connectivity index (χ1v) is 7.87. The molecule has 1 atom stereocenters. The van der Waals surface area contributed by atoms with Gasteiger partial charge in [-0.05, 0) is 49.7 Å². The number of esters is 1. The van der Waals surface area contributed by atoms with E-state index in [1.54, 1.807) is 31.2 Å². The van der Waals surface area contributed by atoms with E-state index in [0.717, 1.165) is 5.56 Å². The van der Waals surface area contributed by atoms with Gasteiger partial charge in [0, 0.05) is 5.69 Å². The number of benzene rings is 2. The molecule has 0 saturated carbocycles. The molecular weight excluding hydrogens is 338 g/mol. The molecule has 0 aliphatic rings. The van der Waals surface area contributed by atoms with Crippen molar-refractivity contribution in [2.75, 3.05) is 5.32 Å². The fourth-order valence-corrected chi connectivity index (χ4v) is 2.45. The van der Waals surface area contributed by atoms with Crippen molar-refractivity contribution in [2.45, 2.75) is 20.0 Å². The number of amides is 1. The molecule has 1 aromatic heterocycles. The van der Waals surface area contributed by atoms with Crippen molar-refractivity contribution in [3.63, 3.8) is 0 Å². The zero-order chi connectivity index (χ0) is 18.8. The lowest BCUT2D eigenvalue weighted by Crippen LogP contribution is -2.30. The molecule has 8 nitrogen and oxygen atoms in total. The number of nitrogens with one attached hydrogen (secondary N) is 3. The van der Waals surface area contributed by atoms with Gasteiger partial charge in [0.1, 0.15) is 11.3 Å². The summed E-state index contributed by atoms with van der Waals surface area (Å²) >= 11 is 0. The Balaban J connectivity index is 1.68. The molecule has 8 heteroatoms. The number of phenolic OH excluding ortho intramolecular Hbond substituents is 1. The first kappa shape index (κ1) is 17.3. The molecule has 2 aromatic carbocycles. The van der Waals surface area contributed by atoms with Crippen LogP contribution in [0.4, 0.5) is 5.69 Å². The quantitative estimate of drug-likeness (QED) is 0.533. The zero-order valence-corrected chi connectivity index (χ0v) is 14.1. The number of aromatic hydroxyl groups is 1. The minimum Gasteiger partial charge on any atom is -0.507 e. The van der Waals surface area contributed by atoms with Crippen LogP contribution in [0.25, 0.3) is 11.0 Å². The van der Waals surface area contributed by atoms with Crippen LogP contribution in [0, 0.1) is 6.92 Å². The Bertz CT molecular complexity index is 1050. The van der Waals surface area contributed by atoms with Gasteiger partial charge in [-0.2, -0.15) is 0 Å². The van der Waals surface area contributed by atoms with Crippen LogP contribution in [0.15, 0.2) is 41.2 Å². The lowest BCUT2D eigenvalue weighted by Gasteiger charge is -2.14. The van der Waals surface area contributed by atoms with Gasteiger partial charge in [-0.1, -0.05) is 6.07 Å². The monoisotopic (exact) mass is 355 g/mol. The van der Waals surface area contributed by atoms with E-state index in [4.69, 9.17) is 4.74 Å². The summed E-state index contributed by atoms with van der Waals surface area (Å²) in [5.41, 5.74) is 2.04. The minimum absolute atomic E-state index is 0.0124. The van der Waals surface area contributed by atoms with E-state index in [-0.39, 0.29) is 17.0 Å². The highest BCUT2D eigenvalue weighted by atomic mass is 16.5. The molecule has 3 aromatic rings. The lowest BCUT2D eigenvalue weighted by molar-refractivity contribution is -0.123. The molecule has 0 saturated heterocycles. The maximum Gasteiger partial charge on any atom is 0.342 e. The highest BCUT2D eigenvalue weighted by molar-refractivity contribution is 5.99. The number of carbonyl (C=O) groups is 2. The molecule has 1 amide bonds. The number of aromatic nitrogens is 2. The van der Waals surface area contributed by atoms with E-state index in [1.165, 1.54) is 19.1 Å². The molecule has 0 fully saturated rings. The Morgan fingerprint density at radius 1 is 1.12 bits per heavy atom. The van der Waals surface area contributed by atoms with Crippen LogP contribution in [-0.2, 0) is 9.53 Å². The van der Waals surface area contributed by atoms with Crippen molar-refractivity contribution in [3.05, 3.63) is 58.0 Å². The lowest BCUT2D eigenvalue weighted by atomic mass is 10.1. The predicted octanol–water partition coefficient (Wildman–Crippen LogP) is 2.05. The van der Waals surface area contributed by atoms with Crippen LogP contribution in [0.3, 0.4) is 0 Å². The van der Waals surface area contributed by atoms with E-state index in [0.29, 0.717) is 16.7 Å². The summed E-state index contributed by atoms with van der Waals surface area (Å²) < 4.78 is 5.11. The first-order chi connectivity index (χ1) is 12.3. The van der Waals surface area contributed by atoms with E-state index in [2.05, 4.69) is 15.3 Å². The third kappa shape index (κ3) is 3.59. The van der Waals surface area contributed by atoms with Crippen molar-refractivity contribution in [1.82, 2.24) is 9.97 Å². The van der Waals surface area contributed by atoms with Gasteiger partial charge in [-0.15, -0.1) is 0 Å². The molecule has 0 radical (unpaired) electrons. The summed E-state index contributed by atoms with van der Waals surface area (Å²) in [6.45, 7) is 3.20. The first-order valence-electron chi connectivity index (χ1n) is 7.87. The van der Waals surface area contributed by atoms with Crippen LogP contribution in [0.1, 0.15) is 22.8 Å². The second-order valence-corrected chi connectivity index (χ2v) is 5.90. The maximum atomic E-state index is 12.2. The SMILES string of the molecule is Cc1ccc(C(=O)O[C@@H](C)C(=O)Nc2ccc3[nH]c(=O)[nH]c3c2)c(O)c1. The Kier molecular flexibility index (Phi) is 4.49. The minimum atomic E-state index is -1.08. The number of carbonyl (C=O) groups excluding carboxylic acids is 2. The molecule has 0 unspecified atom stereocenters. The highest BCUT2D eigenvalue weighted by Gasteiger charge is 2.21. The van der Waals surface area contributed by atoms with Gasteiger partial charge >= 0.3 is 11.7 Å². The number of aromatic amines is 2. The average molecular weight is 355 g/mol. The van der Waals surface area contributed by atoms with Crippen LogP contribution in [0.5, 0.6) is 5.75 Å². The van der Waals surface area contributed by atoms with Crippen LogP contribution in [-0.4, -0.2) is 33.1 Å². The van der Waals surface area contributed by atoms with Crippen LogP contribution < -0.4 is 11.0 Å². The van der Waals surface area contributed by atoms with E-state index in [1.807, 2.05) is 0 Å². The van der Waals surface area contributed by atoms with E-state index in [9.17, 15) is 19.5 Å². The number of H-pyrrole nitrogens is 2. The van der Waals surface area contributed by atoms with Gasteiger partial charge < -0.3 is 25.1 Å². The molecule has 1 heterocycles. The van der Waals surface area contributed by atoms with Gasteiger partial charge in [0.15, 0.2) is 6.10 Å². The molecular formula is C18H17N3O5. The fourth-order valence-electron chi connectivity index (χ4n) is 2.45. The molecule has 3 rings (SSSR count). The van der Waals surface area contributed by atoms with Gasteiger partial charge in [0.05, 0.1) is 11.0 Å². The molecule has 0 bridgehead atoms. The van der Waals surface area contributed by atoms with E-state index < -0.39 is 18.0 Å². The van der Waals surface area contributed by atoms with Gasteiger partial charge in [-0.3, -0.25) is 4.79 Å². The maximum absolute atomic E-state index is 12.2. The summed E-state index contributed by atoms with van der Waals surface area (Å²) in [5, 5.41) is 12.4. The van der Waals surface area contributed by atoms with Gasteiger partial charge in [-0.25, -0.2) is 9.59 Å². The van der Waals surface area contributed by atoms with Crippen LogP contribution in [0.2, 0.25) is 0 Å². The van der Waals surface area contributed by atoms with Crippen molar-refractivity contribution in [2.24, 2.45) is 0 Å². The molecule has 0 spiro atoms. The Hall–Kier alpha value is -3.55. The molecule has 4 N–H and O–H groups in total. The second-order valence-electron chi connectivity index (χ2n) is 5.90. The summed E-state index contributed by atoms with van der Waals surface area (Å²) in [5.74, 6) is -1.54. The normalized spacial score (nSPS) is 11.9. The summed E-state index contributed by atoms with van der Waals surface area (Å²) in [7, 11) is 0. The summed E-state index contributed by atoms with van der Waals surface area (Å²) in [6.07, 6.45) is -1.08. The number of phenols is 1. The Labute approximate surface area is 147 Å². The Morgan fingerprint density at radius 2 is 1.85 bits per heavy atom. The van der Waals surface area contributed by atoms with Crippen molar-refractivity contribution in [1.29, 1.82) is 0 Å². The molecule has 0 aliphatic carbocycles. The zero-order valence-electron chi connectivity index (χ0n) is 14.1. The largest absolute Gasteiger partial charge is 0.507 e. The molecule has 26 heavy (non-hydrogen) atoms. The number of aryl methyl sites for hydroxylation is 1. The number of fused-ring (bicyclic) bond motifs is 1. The number of ether oxygens (including phenoxy) is 1. The third-order valence-corrected chi connectivity index (χ3v) is 3.81. The van der Waals surface area contributed by atoms with Crippen molar-refractivity contribution < 1.29 is 19.4 Å². The topological polar surface area (TPSA) is 124 Å². The number of anilines is 1. The average Bonchev–Trinajstić information content (AvgIpc) is 2.93.